The number of carbonyl (C=O) groups is 2. The van der Waals surface area contributed by atoms with Crippen LogP contribution in [-0.4, -0.2) is 72.9 Å². The van der Waals surface area contributed by atoms with Gasteiger partial charge in [0.25, 0.3) is 11.5 Å². The van der Waals surface area contributed by atoms with E-state index in [4.69, 9.17) is 9.47 Å². The fourth-order valence-corrected chi connectivity index (χ4v) is 4.32. The first kappa shape index (κ1) is 26.5. The minimum absolute atomic E-state index is 0.103. The zero-order valence-electron chi connectivity index (χ0n) is 23.2. The van der Waals surface area contributed by atoms with Crippen LogP contribution in [0.4, 0.5) is 22.1 Å². The van der Waals surface area contributed by atoms with Gasteiger partial charge >= 0.3 is 6.09 Å². The SMILES string of the molecule is CN(C(=O)OC(C)(C)C)c1cc(Nc2cccn(-c3ccn(C4CC4)n3)c2=O)nc2c(C(=O)NC3COC3)cnn12. The highest BCUT2D eigenvalue weighted by Crippen LogP contribution is 2.34. The molecular weight excluding hydrogens is 530 g/mol. The maximum Gasteiger partial charge on any atom is 0.415 e. The molecule has 2 fully saturated rings. The second-order valence-electron chi connectivity index (χ2n) is 11.1. The van der Waals surface area contributed by atoms with Gasteiger partial charge in [-0.25, -0.2) is 9.78 Å². The first-order valence-corrected chi connectivity index (χ1v) is 13.4. The van der Waals surface area contributed by atoms with E-state index >= 15 is 0 Å². The van der Waals surface area contributed by atoms with Crippen LogP contribution >= 0.6 is 0 Å². The quantitative estimate of drug-likeness (QED) is 0.347. The normalized spacial score (nSPS) is 15.4. The third-order valence-corrected chi connectivity index (χ3v) is 6.65. The number of fused-ring (bicyclic) bond motifs is 1. The molecule has 2 amide bonds. The van der Waals surface area contributed by atoms with Crippen molar-refractivity contribution in [3.63, 3.8) is 0 Å². The van der Waals surface area contributed by atoms with Gasteiger partial charge in [0.1, 0.15) is 28.5 Å². The fourth-order valence-electron chi connectivity index (χ4n) is 4.32. The molecule has 4 aromatic rings. The van der Waals surface area contributed by atoms with E-state index in [0.717, 1.165) is 12.8 Å². The highest BCUT2D eigenvalue weighted by atomic mass is 16.6. The molecule has 41 heavy (non-hydrogen) atoms. The molecule has 0 radical (unpaired) electrons. The van der Waals surface area contributed by atoms with Gasteiger partial charge in [0.05, 0.1) is 31.5 Å². The summed E-state index contributed by atoms with van der Waals surface area (Å²) in [7, 11) is 1.53. The summed E-state index contributed by atoms with van der Waals surface area (Å²) in [5.41, 5.74) is -0.449. The minimum atomic E-state index is -0.736. The standard InChI is InChI=1S/C27H31N9O5/c1-27(2,3)41-26(39)33(4)22-12-20(31-23-18(13-28-36(22)23)24(37)29-16-14-40-15-16)30-19-6-5-10-34(25(19)38)21-9-11-35(32-21)17-7-8-17/h5-6,9-13,16-17H,7-8,14-15H2,1-4H3,(H,29,37)(H,30,31). The molecule has 0 aromatic carbocycles. The molecule has 214 valence electrons. The predicted octanol–water partition coefficient (Wildman–Crippen LogP) is 2.66. The predicted molar refractivity (Wildman–Crippen MR) is 149 cm³/mol. The number of pyridine rings is 1. The Labute approximate surface area is 234 Å². The van der Waals surface area contributed by atoms with Crippen LogP contribution in [0.15, 0.2) is 47.7 Å². The van der Waals surface area contributed by atoms with Crippen LogP contribution in [0.1, 0.15) is 50.0 Å². The van der Waals surface area contributed by atoms with E-state index in [-0.39, 0.29) is 46.0 Å². The van der Waals surface area contributed by atoms with E-state index in [9.17, 15) is 14.4 Å². The Hall–Kier alpha value is -4.72. The van der Waals surface area contributed by atoms with Crippen molar-refractivity contribution in [2.24, 2.45) is 0 Å². The van der Waals surface area contributed by atoms with Gasteiger partial charge in [0, 0.05) is 31.6 Å². The van der Waals surface area contributed by atoms with Crippen LogP contribution in [-0.2, 0) is 9.47 Å². The van der Waals surface area contributed by atoms with Gasteiger partial charge in [0.2, 0.25) is 0 Å². The number of nitrogens with zero attached hydrogens (tertiary/aromatic N) is 7. The molecule has 5 heterocycles. The third-order valence-electron chi connectivity index (χ3n) is 6.65. The molecule has 2 aliphatic rings. The lowest BCUT2D eigenvalue weighted by Crippen LogP contribution is -2.48. The summed E-state index contributed by atoms with van der Waals surface area (Å²) in [5.74, 6) is 0.631. The first-order chi connectivity index (χ1) is 19.6. The molecule has 0 bridgehead atoms. The molecule has 1 saturated heterocycles. The van der Waals surface area contributed by atoms with Gasteiger partial charge < -0.3 is 20.1 Å². The molecule has 14 heteroatoms. The Balaban J connectivity index is 1.38. The molecule has 0 atom stereocenters. The van der Waals surface area contributed by atoms with Crippen LogP contribution in [0.3, 0.4) is 0 Å². The molecule has 0 spiro atoms. The second kappa shape index (κ2) is 10.0. The van der Waals surface area contributed by atoms with Crippen LogP contribution in [0.2, 0.25) is 0 Å². The number of nitrogens with one attached hydrogen (secondary N) is 2. The second-order valence-corrected chi connectivity index (χ2v) is 11.1. The number of carbonyl (C=O) groups excluding carboxylic acids is 2. The summed E-state index contributed by atoms with van der Waals surface area (Å²) >= 11 is 0. The Morgan fingerprint density at radius 1 is 1.17 bits per heavy atom. The van der Waals surface area contributed by atoms with Crippen LogP contribution in [0, 0.1) is 0 Å². The van der Waals surface area contributed by atoms with Crippen LogP contribution in [0.5, 0.6) is 0 Å². The zero-order valence-corrected chi connectivity index (χ0v) is 23.2. The number of aromatic nitrogens is 6. The van der Waals surface area contributed by atoms with Gasteiger partial charge in [-0.2, -0.15) is 14.7 Å². The Morgan fingerprint density at radius 2 is 1.95 bits per heavy atom. The third kappa shape index (κ3) is 5.37. The lowest BCUT2D eigenvalue weighted by molar-refractivity contribution is -0.00343. The average molecular weight is 562 g/mol. The van der Waals surface area contributed by atoms with Gasteiger partial charge in [0.15, 0.2) is 11.5 Å². The van der Waals surface area contributed by atoms with Crippen molar-refractivity contribution < 1.29 is 19.1 Å². The van der Waals surface area contributed by atoms with E-state index in [1.54, 1.807) is 51.2 Å². The van der Waals surface area contributed by atoms with Gasteiger partial charge in [-0.15, -0.1) is 0 Å². The summed E-state index contributed by atoms with van der Waals surface area (Å²) in [5, 5.41) is 14.8. The molecule has 1 aliphatic heterocycles. The topological polar surface area (TPSA) is 150 Å². The van der Waals surface area contributed by atoms with Crippen molar-refractivity contribution in [3.05, 3.63) is 58.8 Å². The highest BCUT2D eigenvalue weighted by molar-refractivity contribution is 6.00. The highest BCUT2D eigenvalue weighted by Gasteiger charge is 2.28. The van der Waals surface area contributed by atoms with E-state index in [2.05, 4.69) is 25.8 Å². The average Bonchev–Trinajstić information content (AvgIpc) is 3.47. The summed E-state index contributed by atoms with van der Waals surface area (Å²) < 4.78 is 15.4. The maximum atomic E-state index is 13.4. The number of ether oxygens (including phenoxy) is 2. The van der Waals surface area contributed by atoms with E-state index in [0.29, 0.717) is 25.1 Å². The van der Waals surface area contributed by atoms with Gasteiger partial charge in [-0.3, -0.25) is 23.7 Å². The molecule has 2 N–H and O–H groups in total. The summed E-state index contributed by atoms with van der Waals surface area (Å²) in [6.07, 6.45) is 6.44. The number of amides is 2. The van der Waals surface area contributed by atoms with Crippen molar-refractivity contribution in [1.82, 2.24) is 34.3 Å². The summed E-state index contributed by atoms with van der Waals surface area (Å²) in [4.78, 5) is 45.4. The van der Waals surface area contributed by atoms with Gasteiger partial charge in [-0.1, -0.05) is 0 Å². The lowest BCUT2D eigenvalue weighted by atomic mass is 10.2. The number of rotatable bonds is 7. The van der Waals surface area contributed by atoms with Gasteiger partial charge in [-0.05, 0) is 45.7 Å². The monoisotopic (exact) mass is 561 g/mol. The fraction of sp³-hybridized carbons (Fsp3) is 0.407. The molecule has 0 unspecified atom stereocenters. The number of anilines is 3. The van der Waals surface area contributed by atoms with Crippen molar-refractivity contribution in [1.29, 1.82) is 0 Å². The smallest absolute Gasteiger partial charge is 0.415 e. The van der Waals surface area contributed by atoms with Crippen molar-refractivity contribution in [2.45, 2.75) is 51.3 Å². The molecule has 14 nitrogen and oxygen atoms in total. The van der Waals surface area contributed by atoms with Crippen molar-refractivity contribution in [3.8, 4) is 5.82 Å². The van der Waals surface area contributed by atoms with Crippen molar-refractivity contribution in [2.75, 3.05) is 30.5 Å². The Kier molecular flexibility index (Phi) is 6.49. The van der Waals surface area contributed by atoms with Crippen LogP contribution in [0.25, 0.3) is 11.5 Å². The summed E-state index contributed by atoms with van der Waals surface area (Å²) in [6, 6.07) is 6.99. The lowest BCUT2D eigenvalue weighted by Gasteiger charge is -2.26. The van der Waals surface area contributed by atoms with Crippen LogP contribution < -0.4 is 21.1 Å². The maximum absolute atomic E-state index is 13.4. The van der Waals surface area contributed by atoms with E-state index < -0.39 is 11.7 Å². The minimum Gasteiger partial charge on any atom is -0.443 e. The largest absolute Gasteiger partial charge is 0.443 e. The zero-order chi connectivity index (χ0) is 28.9. The van der Waals surface area contributed by atoms with Crippen molar-refractivity contribution >= 4 is 35.0 Å². The first-order valence-electron chi connectivity index (χ1n) is 13.4. The molecule has 4 aromatic heterocycles. The molecular formula is C27H31N9O5. The number of hydrogen-bond acceptors (Lipinski definition) is 9. The van der Waals surface area contributed by atoms with E-state index in [1.807, 2.05) is 10.9 Å². The number of hydrogen-bond donors (Lipinski definition) is 2. The van der Waals surface area contributed by atoms with E-state index in [1.165, 1.54) is 27.2 Å². The Bertz CT molecular complexity index is 1690. The summed E-state index contributed by atoms with van der Waals surface area (Å²) in [6.45, 7) is 6.15. The molecule has 1 saturated carbocycles. The molecule has 1 aliphatic carbocycles. The molecule has 6 rings (SSSR count). The Morgan fingerprint density at radius 3 is 2.63 bits per heavy atom.